The number of rotatable bonds is 4. The normalized spacial score (nSPS) is 10.9. The van der Waals surface area contributed by atoms with Crippen molar-refractivity contribution in [2.75, 3.05) is 11.9 Å². The van der Waals surface area contributed by atoms with Crippen LogP contribution in [-0.2, 0) is 6.42 Å². The van der Waals surface area contributed by atoms with Crippen LogP contribution in [-0.4, -0.2) is 28.3 Å². The summed E-state index contributed by atoms with van der Waals surface area (Å²) in [5, 5.41) is 18.2. The molecule has 3 aromatic carbocycles. The third-order valence-electron chi connectivity index (χ3n) is 4.70. The number of benzene rings is 3. The van der Waals surface area contributed by atoms with E-state index in [9.17, 15) is 14.3 Å². The number of H-pyrrole nitrogens is 1. The molecule has 0 aliphatic carbocycles. The molecule has 4 rings (SSSR count). The summed E-state index contributed by atoms with van der Waals surface area (Å²) in [5.41, 5.74) is 2.97. The van der Waals surface area contributed by atoms with Crippen LogP contribution in [0.1, 0.15) is 21.6 Å². The molecule has 6 heteroatoms. The molecule has 0 unspecified atom stereocenters. The summed E-state index contributed by atoms with van der Waals surface area (Å²) in [6.45, 7) is 0. The molecule has 0 saturated carbocycles. The van der Waals surface area contributed by atoms with E-state index < -0.39 is 0 Å². The van der Waals surface area contributed by atoms with Crippen molar-refractivity contribution in [1.82, 2.24) is 10.2 Å². The Balaban J connectivity index is 1.71. The molecule has 0 saturated heterocycles. The lowest BCUT2D eigenvalue weighted by atomic mass is 10.0. The molecule has 140 valence electrons. The molecule has 1 heterocycles. The second kappa shape index (κ2) is 7.15. The molecule has 2 N–H and O–H groups in total. The van der Waals surface area contributed by atoms with Gasteiger partial charge in [0.1, 0.15) is 11.6 Å². The molecule has 1 amide bonds. The van der Waals surface area contributed by atoms with Crippen molar-refractivity contribution >= 4 is 22.5 Å². The molecule has 5 nitrogen and oxygen atoms in total. The van der Waals surface area contributed by atoms with E-state index in [4.69, 9.17) is 0 Å². The van der Waals surface area contributed by atoms with E-state index in [0.717, 1.165) is 11.3 Å². The van der Waals surface area contributed by atoms with E-state index in [1.54, 1.807) is 19.2 Å². The number of aromatic amines is 1. The fourth-order valence-electron chi connectivity index (χ4n) is 3.20. The molecule has 0 radical (unpaired) electrons. The number of hydrogen-bond acceptors (Lipinski definition) is 3. The van der Waals surface area contributed by atoms with Crippen molar-refractivity contribution in [2.45, 2.75) is 6.42 Å². The Morgan fingerprint density at radius 3 is 2.64 bits per heavy atom. The number of amides is 1. The molecule has 0 aliphatic heterocycles. The summed E-state index contributed by atoms with van der Waals surface area (Å²) < 4.78 is 13.5. The largest absolute Gasteiger partial charge is 0.507 e. The maximum absolute atomic E-state index is 13.5. The molecule has 4 aromatic rings. The minimum absolute atomic E-state index is 0.124. The van der Waals surface area contributed by atoms with Crippen molar-refractivity contribution in [3.63, 3.8) is 0 Å². The Bertz CT molecular complexity index is 1160. The number of nitrogens with zero attached hydrogens (tertiary/aromatic N) is 2. The quantitative estimate of drug-likeness (QED) is 0.560. The van der Waals surface area contributed by atoms with Gasteiger partial charge in [0.05, 0.1) is 16.8 Å². The molecule has 0 atom stereocenters. The highest BCUT2D eigenvalue weighted by molar-refractivity contribution is 6.09. The molecule has 0 bridgehead atoms. The molecule has 1 aromatic heterocycles. The molecule has 28 heavy (non-hydrogen) atoms. The topological polar surface area (TPSA) is 69.2 Å². The fourth-order valence-corrected chi connectivity index (χ4v) is 3.20. The van der Waals surface area contributed by atoms with Gasteiger partial charge in [-0.3, -0.25) is 9.89 Å². The number of phenolic OH excluding ortho intramolecular Hbond substituents is 1. The monoisotopic (exact) mass is 375 g/mol. The zero-order chi connectivity index (χ0) is 19.7. The van der Waals surface area contributed by atoms with E-state index in [1.807, 2.05) is 36.4 Å². The van der Waals surface area contributed by atoms with Gasteiger partial charge in [-0.2, -0.15) is 5.10 Å². The van der Waals surface area contributed by atoms with Crippen LogP contribution in [0, 0.1) is 5.82 Å². The van der Waals surface area contributed by atoms with Crippen molar-refractivity contribution in [3.05, 3.63) is 89.4 Å². The van der Waals surface area contributed by atoms with Crippen LogP contribution in [0.25, 0.3) is 10.9 Å². The lowest BCUT2D eigenvalue weighted by molar-refractivity contribution is 0.0990. The Hall–Kier alpha value is -3.67. The number of para-hydroxylation sites is 1. The van der Waals surface area contributed by atoms with Crippen LogP contribution in [0.15, 0.2) is 66.7 Å². The van der Waals surface area contributed by atoms with E-state index >= 15 is 0 Å². The second-order valence-corrected chi connectivity index (χ2v) is 6.59. The van der Waals surface area contributed by atoms with Gasteiger partial charge < -0.3 is 10.0 Å². The van der Waals surface area contributed by atoms with Crippen LogP contribution < -0.4 is 4.90 Å². The number of carbonyl (C=O) groups is 1. The number of phenols is 1. The first kappa shape index (κ1) is 17.7. The Morgan fingerprint density at radius 2 is 1.89 bits per heavy atom. The lowest BCUT2D eigenvalue weighted by Crippen LogP contribution is -2.26. The minimum Gasteiger partial charge on any atom is -0.507 e. The number of fused-ring (bicyclic) bond motifs is 1. The number of carbonyl (C=O) groups excluding carboxylic acids is 1. The zero-order valence-corrected chi connectivity index (χ0v) is 15.2. The van der Waals surface area contributed by atoms with Gasteiger partial charge in [-0.15, -0.1) is 0 Å². The lowest BCUT2D eigenvalue weighted by Gasteiger charge is -2.18. The second-order valence-electron chi connectivity index (χ2n) is 6.59. The zero-order valence-electron chi connectivity index (χ0n) is 15.2. The number of hydrogen-bond donors (Lipinski definition) is 2. The van der Waals surface area contributed by atoms with Gasteiger partial charge in [-0.25, -0.2) is 4.39 Å². The van der Waals surface area contributed by atoms with Crippen LogP contribution in [0.5, 0.6) is 5.75 Å². The summed E-state index contributed by atoms with van der Waals surface area (Å²) in [7, 11) is 1.66. The van der Waals surface area contributed by atoms with Gasteiger partial charge in [0, 0.05) is 30.6 Å². The van der Waals surface area contributed by atoms with Gasteiger partial charge in [0.2, 0.25) is 0 Å². The van der Waals surface area contributed by atoms with Gasteiger partial charge >= 0.3 is 0 Å². The van der Waals surface area contributed by atoms with Gasteiger partial charge in [-0.05, 0) is 35.9 Å². The van der Waals surface area contributed by atoms with Gasteiger partial charge in [0.25, 0.3) is 5.91 Å². The van der Waals surface area contributed by atoms with Gasteiger partial charge in [-0.1, -0.05) is 30.3 Å². The Kier molecular flexibility index (Phi) is 4.53. The van der Waals surface area contributed by atoms with E-state index in [2.05, 4.69) is 10.2 Å². The van der Waals surface area contributed by atoms with E-state index in [1.165, 1.54) is 23.1 Å². The highest BCUT2D eigenvalue weighted by Gasteiger charge is 2.20. The Labute approximate surface area is 161 Å². The summed E-state index contributed by atoms with van der Waals surface area (Å²) in [6, 6.07) is 18.6. The third kappa shape index (κ3) is 3.32. The molecule has 0 fully saturated rings. The van der Waals surface area contributed by atoms with Crippen molar-refractivity contribution in [3.8, 4) is 5.75 Å². The highest BCUT2D eigenvalue weighted by Crippen LogP contribution is 2.29. The average molecular weight is 375 g/mol. The van der Waals surface area contributed by atoms with Crippen LogP contribution in [0.3, 0.4) is 0 Å². The summed E-state index contributed by atoms with van der Waals surface area (Å²) in [5.74, 6) is -0.764. The van der Waals surface area contributed by atoms with Crippen LogP contribution in [0.2, 0.25) is 0 Å². The highest BCUT2D eigenvalue weighted by atomic mass is 19.1. The molecule has 0 spiro atoms. The number of anilines is 1. The summed E-state index contributed by atoms with van der Waals surface area (Å²) >= 11 is 0. The van der Waals surface area contributed by atoms with Crippen LogP contribution in [0.4, 0.5) is 10.1 Å². The number of nitrogens with one attached hydrogen (secondary N) is 1. The SMILES string of the molecule is CN(C(=O)c1cc2c(Cc3cccc(F)c3)n[nH]c2cc1O)c1ccccc1. The van der Waals surface area contributed by atoms with E-state index in [-0.39, 0.29) is 23.0 Å². The molecular formula is C22H18FN3O2. The number of halogens is 1. The van der Waals surface area contributed by atoms with Crippen molar-refractivity contribution in [1.29, 1.82) is 0 Å². The number of aromatic nitrogens is 2. The van der Waals surface area contributed by atoms with Gasteiger partial charge in [0.15, 0.2) is 0 Å². The van der Waals surface area contributed by atoms with E-state index in [0.29, 0.717) is 23.0 Å². The average Bonchev–Trinajstić information content (AvgIpc) is 3.08. The van der Waals surface area contributed by atoms with Crippen molar-refractivity contribution < 1.29 is 14.3 Å². The third-order valence-corrected chi connectivity index (χ3v) is 4.70. The van der Waals surface area contributed by atoms with Crippen molar-refractivity contribution in [2.24, 2.45) is 0 Å². The standard InChI is InChI=1S/C22H18FN3O2/c1-26(16-8-3-2-4-9-16)22(28)18-12-17-19(24-25-20(17)13-21(18)27)11-14-6-5-7-15(23)10-14/h2-10,12-13,27H,11H2,1H3,(H,24,25). The minimum atomic E-state index is -0.330. The fraction of sp³-hybridized carbons (Fsp3) is 0.0909. The molecule has 0 aliphatic rings. The molecular weight excluding hydrogens is 357 g/mol. The first-order chi connectivity index (χ1) is 13.5. The first-order valence-corrected chi connectivity index (χ1v) is 8.80. The summed E-state index contributed by atoms with van der Waals surface area (Å²) in [4.78, 5) is 14.4. The smallest absolute Gasteiger partial charge is 0.261 e. The Morgan fingerprint density at radius 1 is 1.11 bits per heavy atom. The maximum atomic E-state index is 13.5. The predicted molar refractivity (Wildman–Crippen MR) is 106 cm³/mol. The number of aromatic hydroxyl groups is 1. The van der Waals surface area contributed by atoms with Crippen LogP contribution >= 0.6 is 0 Å². The maximum Gasteiger partial charge on any atom is 0.261 e. The summed E-state index contributed by atoms with van der Waals surface area (Å²) in [6.07, 6.45) is 0.407. The first-order valence-electron chi connectivity index (χ1n) is 8.80. The predicted octanol–water partition coefficient (Wildman–Crippen LogP) is 4.28.